The largest absolute Gasteiger partial charge is 0.322 e. The third-order valence-corrected chi connectivity index (χ3v) is 5.53. The molecule has 1 N–H and O–H groups in total. The number of benzene rings is 1. The zero-order valence-corrected chi connectivity index (χ0v) is 12.8. The molecule has 2 nitrogen and oxygen atoms in total. The van der Waals surface area contributed by atoms with Crippen molar-refractivity contribution in [3.05, 3.63) is 46.7 Å². The van der Waals surface area contributed by atoms with E-state index in [-0.39, 0.29) is 5.91 Å². The van der Waals surface area contributed by atoms with Crippen molar-refractivity contribution in [1.29, 1.82) is 0 Å². The lowest BCUT2D eigenvalue weighted by Gasteiger charge is -2.09. The molecule has 1 aromatic carbocycles. The summed E-state index contributed by atoms with van der Waals surface area (Å²) in [5, 5.41) is 7.48. The number of rotatable bonds is 4. The zero-order valence-electron chi connectivity index (χ0n) is 11.2. The van der Waals surface area contributed by atoms with Crippen LogP contribution in [0.3, 0.4) is 0 Å². The molecule has 0 radical (unpaired) electrons. The zero-order chi connectivity index (χ0) is 13.8. The monoisotopic (exact) mass is 303 g/mol. The van der Waals surface area contributed by atoms with Crippen molar-refractivity contribution in [2.24, 2.45) is 0 Å². The molecule has 1 saturated carbocycles. The third-order valence-electron chi connectivity index (χ3n) is 3.50. The fourth-order valence-electron chi connectivity index (χ4n) is 2.41. The van der Waals surface area contributed by atoms with E-state index in [1.165, 1.54) is 41.9 Å². The molecule has 0 atom stereocenters. The lowest BCUT2D eigenvalue weighted by Crippen LogP contribution is -2.10. The van der Waals surface area contributed by atoms with Gasteiger partial charge in [-0.05, 0) is 48.6 Å². The minimum absolute atomic E-state index is 0.0394. The molecule has 1 aromatic heterocycles. The van der Waals surface area contributed by atoms with Gasteiger partial charge >= 0.3 is 0 Å². The summed E-state index contributed by atoms with van der Waals surface area (Å²) in [6.45, 7) is 0. The van der Waals surface area contributed by atoms with Gasteiger partial charge in [-0.2, -0.15) is 11.3 Å². The van der Waals surface area contributed by atoms with Crippen molar-refractivity contribution in [3.8, 4) is 0 Å². The Bertz CT molecular complexity index is 557. The number of amides is 1. The molecule has 1 aliphatic rings. The van der Waals surface area contributed by atoms with Gasteiger partial charge in [-0.15, -0.1) is 11.8 Å². The fourth-order valence-corrected chi connectivity index (χ4v) is 4.30. The summed E-state index contributed by atoms with van der Waals surface area (Å²) in [7, 11) is 0. The van der Waals surface area contributed by atoms with E-state index in [0.29, 0.717) is 0 Å². The predicted octanol–water partition coefficient (Wildman–Crippen LogP) is 5.04. The van der Waals surface area contributed by atoms with Crippen LogP contribution in [0.2, 0.25) is 0 Å². The number of anilines is 1. The minimum Gasteiger partial charge on any atom is -0.322 e. The molecule has 0 aliphatic heterocycles. The Morgan fingerprint density at radius 1 is 1.15 bits per heavy atom. The van der Waals surface area contributed by atoms with Crippen LogP contribution >= 0.6 is 23.1 Å². The molecule has 1 aliphatic carbocycles. The Labute approximate surface area is 127 Å². The van der Waals surface area contributed by atoms with E-state index in [0.717, 1.165) is 16.5 Å². The van der Waals surface area contributed by atoms with Gasteiger partial charge in [0.05, 0.1) is 5.56 Å². The summed E-state index contributed by atoms with van der Waals surface area (Å²) in [5.41, 5.74) is 1.58. The summed E-state index contributed by atoms with van der Waals surface area (Å²) in [5.74, 6) is -0.0394. The van der Waals surface area contributed by atoms with Gasteiger partial charge in [0.2, 0.25) is 0 Å². The van der Waals surface area contributed by atoms with Crippen LogP contribution in [0.4, 0.5) is 5.69 Å². The molecule has 1 fully saturated rings. The van der Waals surface area contributed by atoms with Crippen molar-refractivity contribution in [3.63, 3.8) is 0 Å². The lowest BCUT2D eigenvalue weighted by atomic mass is 10.3. The van der Waals surface area contributed by atoms with Crippen LogP contribution in [-0.2, 0) is 0 Å². The van der Waals surface area contributed by atoms with Crippen molar-refractivity contribution >= 4 is 34.7 Å². The molecule has 104 valence electrons. The second-order valence-electron chi connectivity index (χ2n) is 5.01. The fraction of sp³-hybridized carbons (Fsp3) is 0.312. The number of hydrogen-bond acceptors (Lipinski definition) is 3. The first-order chi connectivity index (χ1) is 9.81. The minimum atomic E-state index is -0.0394. The van der Waals surface area contributed by atoms with Crippen LogP contribution in [-0.4, -0.2) is 11.2 Å². The number of thiophene rings is 1. The van der Waals surface area contributed by atoms with Gasteiger partial charge in [0, 0.05) is 21.2 Å². The van der Waals surface area contributed by atoms with E-state index in [1.807, 2.05) is 40.7 Å². The Hall–Kier alpha value is -1.26. The van der Waals surface area contributed by atoms with Gasteiger partial charge in [0.25, 0.3) is 5.91 Å². The Balaban J connectivity index is 1.59. The van der Waals surface area contributed by atoms with Crippen LogP contribution in [0.5, 0.6) is 0 Å². The second-order valence-corrected chi connectivity index (χ2v) is 7.17. The Morgan fingerprint density at radius 3 is 2.55 bits per heavy atom. The van der Waals surface area contributed by atoms with E-state index in [9.17, 15) is 4.79 Å². The van der Waals surface area contributed by atoms with Gasteiger partial charge in [-0.25, -0.2) is 0 Å². The van der Waals surface area contributed by atoms with E-state index in [1.54, 1.807) is 0 Å². The van der Waals surface area contributed by atoms with Crippen molar-refractivity contribution in [2.45, 2.75) is 35.8 Å². The highest BCUT2D eigenvalue weighted by molar-refractivity contribution is 8.00. The highest BCUT2D eigenvalue weighted by Gasteiger charge is 2.16. The van der Waals surface area contributed by atoms with Crippen LogP contribution in [0.1, 0.15) is 36.0 Å². The molecule has 0 unspecified atom stereocenters. The summed E-state index contributed by atoms with van der Waals surface area (Å²) in [4.78, 5) is 13.2. The van der Waals surface area contributed by atoms with Gasteiger partial charge in [-0.1, -0.05) is 12.8 Å². The highest BCUT2D eigenvalue weighted by Crippen LogP contribution is 2.34. The molecular formula is C16H17NOS2. The molecule has 2 aromatic rings. The van der Waals surface area contributed by atoms with Crippen molar-refractivity contribution < 1.29 is 4.79 Å². The van der Waals surface area contributed by atoms with Crippen molar-refractivity contribution in [2.75, 3.05) is 5.32 Å². The normalized spacial score (nSPS) is 15.4. The van der Waals surface area contributed by atoms with E-state index < -0.39 is 0 Å². The molecule has 0 bridgehead atoms. The average molecular weight is 303 g/mol. The van der Waals surface area contributed by atoms with Gasteiger partial charge < -0.3 is 5.32 Å². The molecule has 0 saturated heterocycles. The van der Waals surface area contributed by atoms with Crippen LogP contribution in [0.15, 0.2) is 46.0 Å². The van der Waals surface area contributed by atoms with E-state index in [4.69, 9.17) is 0 Å². The molecule has 3 rings (SSSR count). The maximum atomic E-state index is 11.9. The lowest BCUT2D eigenvalue weighted by molar-refractivity contribution is 0.102. The Kier molecular flexibility index (Phi) is 4.43. The molecule has 20 heavy (non-hydrogen) atoms. The number of carbonyl (C=O) groups excluding carboxylic acids is 1. The number of carbonyl (C=O) groups is 1. The standard InChI is InChI=1S/C16H17NOS2/c18-16(12-9-10-19-11-12)17-13-5-7-15(8-6-13)20-14-3-1-2-4-14/h5-11,14H,1-4H2,(H,17,18). The topological polar surface area (TPSA) is 29.1 Å². The molecule has 4 heteroatoms. The van der Waals surface area contributed by atoms with E-state index in [2.05, 4.69) is 17.4 Å². The first kappa shape index (κ1) is 13.7. The summed E-state index contributed by atoms with van der Waals surface area (Å²) >= 11 is 3.50. The number of hydrogen-bond donors (Lipinski definition) is 1. The molecule has 1 heterocycles. The number of thioether (sulfide) groups is 1. The first-order valence-corrected chi connectivity index (χ1v) is 8.74. The smallest absolute Gasteiger partial charge is 0.256 e. The summed E-state index contributed by atoms with van der Waals surface area (Å²) in [6, 6.07) is 10.0. The molecule has 1 amide bonds. The first-order valence-electron chi connectivity index (χ1n) is 6.91. The highest BCUT2D eigenvalue weighted by atomic mass is 32.2. The molecular weight excluding hydrogens is 286 g/mol. The summed E-state index contributed by atoms with van der Waals surface area (Å²) < 4.78 is 0. The van der Waals surface area contributed by atoms with Crippen LogP contribution in [0.25, 0.3) is 0 Å². The van der Waals surface area contributed by atoms with Gasteiger partial charge in [0.1, 0.15) is 0 Å². The maximum Gasteiger partial charge on any atom is 0.256 e. The quantitative estimate of drug-likeness (QED) is 0.857. The van der Waals surface area contributed by atoms with Crippen LogP contribution < -0.4 is 5.32 Å². The van der Waals surface area contributed by atoms with Gasteiger partial charge in [0.15, 0.2) is 0 Å². The third kappa shape index (κ3) is 3.44. The average Bonchev–Trinajstić information content (AvgIpc) is 3.13. The number of nitrogens with one attached hydrogen (secondary N) is 1. The summed E-state index contributed by atoms with van der Waals surface area (Å²) in [6.07, 6.45) is 5.40. The maximum absolute atomic E-state index is 11.9. The SMILES string of the molecule is O=C(Nc1ccc(SC2CCCC2)cc1)c1ccsc1. The van der Waals surface area contributed by atoms with Crippen molar-refractivity contribution in [1.82, 2.24) is 0 Å². The van der Waals surface area contributed by atoms with E-state index >= 15 is 0 Å². The predicted molar refractivity (Wildman–Crippen MR) is 86.8 cm³/mol. The second kappa shape index (κ2) is 6.46. The Morgan fingerprint density at radius 2 is 1.90 bits per heavy atom. The van der Waals surface area contributed by atoms with Crippen LogP contribution in [0, 0.1) is 0 Å². The van der Waals surface area contributed by atoms with Gasteiger partial charge in [-0.3, -0.25) is 4.79 Å². The molecule has 0 spiro atoms.